The third kappa shape index (κ3) is 3.39. The molecule has 0 bridgehead atoms. The van der Waals surface area contributed by atoms with E-state index in [-0.39, 0.29) is 10.6 Å². The van der Waals surface area contributed by atoms with Crippen molar-refractivity contribution in [1.82, 2.24) is 14.3 Å². The molecule has 1 aliphatic rings. The predicted octanol–water partition coefficient (Wildman–Crippen LogP) is 2.12. The summed E-state index contributed by atoms with van der Waals surface area (Å²) in [7, 11) is 0. The van der Waals surface area contributed by atoms with Gasteiger partial charge in [0.05, 0.1) is 4.92 Å². The van der Waals surface area contributed by atoms with Gasteiger partial charge < -0.3 is 9.80 Å². The van der Waals surface area contributed by atoms with Gasteiger partial charge in [-0.1, -0.05) is 6.92 Å². The first kappa shape index (κ1) is 15.6. The van der Waals surface area contributed by atoms with E-state index in [0.29, 0.717) is 12.4 Å². The number of nitro groups is 1. The number of aromatic nitrogens is 3. The zero-order valence-corrected chi connectivity index (χ0v) is 13.7. The monoisotopic (exact) mass is 334 g/mol. The van der Waals surface area contributed by atoms with Crippen LogP contribution in [0.5, 0.6) is 0 Å². The molecule has 0 amide bonds. The number of hydrogen-bond acceptors (Lipinski definition) is 8. The number of nitrogens with zero attached hydrogens (tertiary/aromatic N) is 6. The molecule has 8 nitrogen and oxygen atoms in total. The molecule has 0 aromatic carbocycles. The van der Waals surface area contributed by atoms with E-state index in [0.717, 1.165) is 43.4 Å². The molecule has 1 fully saturated rings. The van der Waals surface area contributed by atoms with Crippen molar-refractivity contribution in [2.45, 2.75) is 19.8 Å². The zero-order chi connectivity index (χ0) is 16.2. The van der Waals surface area contributed by atoms with Gasteiger partial charge in [0.15, 0.2) is 0 Å². The number of anilines is 2. The average molecular weight is 334 g/mol. The normalized spacial score (nSPS) is 15.5. The fourth-order valence-corrected chi connectivity index (χ4v) is 3.41. The van der Waals surface area contributed by atoms with E-state index in [9.17, 15) is 10.1 Å². The Labute approximate surface area is 138 Å². The van der Waals surface area contributed by atoms with E-state index >= 15 is 0 Å². The van der Waals surface area contributed by atoms with Crippen LogP contribution in [0.2, 0.25) is 0 Å². The molecule has 0 spiro atoms. The van der Waals surface area contributed by atoms with E-state index in [1.165, 1.54) is 17.6 Å². The van der Waals surface area contributed by atoms with E-state index in [4.69, 9.17) is 0 Å². The highest BCUT2D eigenvalue weighted by Gasteiger charge is 2.24. The van der Waals surface area contributed by atoms with Gasteiger partial charge in [0.25, 0.3) is 0 Å². The molecule has 3 rings (SSSR count). The summed E-state index contributed by atoms with van der Waals surface area (Å²) in [6, 6.07) is 3.10. The third-order valence-electron chi connectivity index (χ3n) is 3.80. The second-order valence-corrected chi connectivity index (χ2v) is 6.01. The van der Waals surface area contributed by atoms with Crippen molar-refractivity contribution in [3.8, 4) is 0 Å². The first-order valence-electron chi connectivity index (χ1n) is 7.61. The molecule has 0 saturated carbocycles. The molecule has 1 saturated heterocycles. The fraction of sp³-hybridized carbons (Fsp3) is 0.500. The standard InChI is InChI=1S/C14H18N6O2S/c1-2-12-16-14(23-17-12)19-8-4-7-18(9-10-19)13-11(20(21)22)5-3-6-15-13/h3,5-6H,2,4,7-10H2,1H3. The van der Waals surface area contributed by atoms with Crippen LogP contribution in [0.4, 0.5) is 16.6 Å². The minimum atomic E-state index is -0.372. The molecule has 0 N–H and O–H groups in total. The van der Waals surface area contributed by atoms with E-state index < -0.39 is 0 Å². The molecule has 2 aromatic heterocycles. The van der Waals surface area contributed by atoms with Crippen molar-refractivity contribution >= 4 is 28.2 Å². The Balaban J connectivity index is 1.75. The molecule has 23 heavy (non-hydrogen) atoms. The topological polar surface area (TPSA) is 88.3 Å². The highest BCUT2D eigenvalue weighted by molar-refractivity contribution is 7.09. The fourth-order valence-electron chi connectivity index (χ4n) is 2.61. The lowest BCUT2D eigenvalue weighted by Gasteiger charge is -2.21. The highest BCUT2D eigenvalue weighted by Crippen LogP contribution is 2.27. The lowest BCUT2D eigenvalue weighted by molar-refractivity contribution is -0.384. The van der Waals surface area contributed by atoms with Crippen LogP contribution in [-0.2, 0) is 6.42 Å². The number of aryl methyl sites for hydroxylation is 1. The van der Waals surface area contributed by atoms with Gasteiger partial charge in [0, 0.05) is 56.4 Å². The predicted molar refractivity (Wildman–Crippen MR) is 89.2 cm³/mol. The van der Waals surface area contributed by atoms with Crippen molar-refractivity contribution in [1.29, 1.82) is 0 Å². The zero-order valence-electron chi connectivity index (χ0n) is 12.9. The van der Waals surface area contributed by atoms with Crippen LogP contribution < -0.4 is 9.80 Å². The van der Waals surface area contributed by atoms with Gasteiger partial charge in [-0.2, -0.15) is 4.37 Å². The Bertz CT molecular complexity index is 691. The minimum Gasteiger partial charge on any atom is -0.349 e. The van der Waals surface area contributed by atoms with Crippen molar-refractivity contribution in [3.05, 3.63) is 34.3 Å². The highest BCUT2D eigenvalue weighted by atomic mass is 32.1. The van der Waals surface area contributed by atoms with Crippen LogP contribution in [0.25, 0.3) is 0 Å². The first-order chi connectivity index (χ1) is 11.2. The smallest absolute Gasteiger partial charge is 0.311 e. The molecular weight excluding hydrogens is 316 g/mol. The lowest BCUT2D eigenvalue weighted by Crippen LogP contribution is -2.31. The lowest BCUT2D eigenvalue weighted by atomic mass is 10.3. The second-order valence-electron chi connectivity index (χ2n) is 5.28. The molecule has 0 aliphatic carbocycles. The van der Waals surface area contributed by atoms with Crippen LogP contribution in [0.1, 0.15) is 19.2 Å². The summed E-state index contributed by atoms with van der Waals surface area (Å²) in [5.74, 6) is 1.32. The summed E-state index contributed by atoms with van der Waals surface area (Å²) < 4.78 is 4.33. The van der Waals surface area contributed by atoms with E-state index in [2.05, 4.69) is 19.2 Å². The molecule has 2 aromatic rings. The average Bonchev–Trinajstić information content (AvgIpc) is 2.92. The Morgan fingerprint density at radius 2 is 2.09 bits per heavy atom. The van der Waals surface area contributed by atoms with Gasteiger partial charge in [-0.3, -0.25) is 10.1 Å². The number of rotatable bonds is 4. The molecule has 3 heterocycles. The SMILES string of the molecule is CCc1nsc(N2CCCN(c3ncccc3[N+](=O)[O-])CC2)n1. The number of pyridine rings is 1. The molecular formula is C14H18N6O2S. The molecule has 9 heteroatoms. The van der Waals surface area contributed by atoms with Crippen molar-refractivity contribution < 1.29 is 4.92 Å². The van der Waals surface area contributed by atoms with Crippen molar-refractivity contribution in [2.24, 2.45) is 0 Å². The first-order valence-corrected chi connectivity index (χ1v) is 8.38. The molecule has 1 aliphatic heterocycles. The van der Waals surface area contributed by atoms with E-state index in [1.54, 1.807) is 12.3 Å². The molecule has 0 unspecified atom stereocenters. The largest absolute Gasteiger partial charge is 0.349 e. The van der Waals surface area contributed by atoms with Gasteiger partial charge >= 0.3 is 5.69 Å². The molecule has 0 atom stereocenters. The quantitative estimate of drug-likeness (QED) is 0.625. The summed E-state index contributed by atoms with van der Waals surface area (Å²) >= 11 is 1.42. The van der Waals surface area contributed by atoms with Gasteiger partial charge in [-0.25, -0.2) is 9.97 Å². The maximum atomic E-state index is 11.2. The third-order valence-corrected chi connectivity index (χ3v) is 4.62. The van der Waals surface area contributed by atoms with Crippen LogP contribution in [0, 0.1) is 10.1 Å². The van der Waals surface area contributed by atoms with Gasteiger partial charge in [-0.05, 0) is 12.5 Å². The van der Waals surface area contributed by atoms with Gasteiger partial charge in [-0.15, -0.1) is 0 Å². The summed E-state index contributed by atoms with van der Waals surface area (Å²) in [5.41, 5.74) is 0.0603. The van der Waals surface area contributed by atoms with E-state index in [1.807, 2.05) is 11.8 Å². The van der Waals surface area contributed by atoms with Gasteiger partial charge in [0.2, 0.25) is 10.9 Å². The summed E-state index contributed by atoms with van der Waals surface area (Å²) in [6.45, 7) is 5.09. The number of hydrogen-bond donors (Lipinski definition) is 0. The van der Waals surface area contributed by atoms with Crippen LogP contribution in [0.15, 0.2) is 18.3 Å². The van der Waals surface area contributed by atoms with Crippen molar-refractivity contribution in [3.63, 3.8) is 0 Å². The molecule has 122 valence electrons. The Morgan fingerprint density at radius 1 is 1.30 bits per heavy atom. The maximum Gasteiger partial charge on any atom is 0.311 e. The Kier molecular flexibility index (Phi) is 4.65. The maximum absolute atomic E-state index is 11.2. The minimum absolute atomic E-state index is 0.0603. The molecule has 0 radical (unpaired) electrons. The van der Waals surface area contributed by atoms with Crippen LogP contribution in [-0.4, -0.2) is 45.4 Å². The summed E-state index contributed by atoms with van der Waals surface area (Å²) in [6.07, 6.45) is 3.33. The van der Waals surface area contributed by atoms with Crippen molar-refractivity contribution in [2.75, 3.05) is 36.0 Å². The summed E-state index contributed by atoms with van der Waals surface area (Å²) in [4.78, 5) is 23.7. The summed E-state index contributed by atoms with van der Waals surface area (Å²) in [5, 5.41) is 12.1. The van der Waals surface area contributed by atoms with Crippen LogP contribution in [0.3, 0.4) is 0 Å². The Hall–Kier alpha value is -2.29. The van der Waals surface area contributed by atoms with Gasteiger partial charge in [0.1, 0.15) is 5.82 Å². The second kappa shape index (κ2) is 6.86. The Morgan fingerprint density at radius 3 is 2.83 bits per heavy atom. The van der Waals surface area contributed by atoms with Crippen LogP contribution >= 0.6 is 11.5 Å².